The molecular weight excluding hydrogens is 370 g/mol. The van der Waals surface area contributed by atoms with Gasteiger partial charge in [-0.15, -0.1) is 10.2 Å². The van der Waals surface area contributed by atoms with Gasteiger partial charge in [0.25, 0.3) is 5.91 Å². The van der Waals surface area contributed by atoms with Crippen molar-refractivity contribution in [3.8, 4) is 0 Å². The van der Waals surface area contributed by atoms with Gasteiger partial charge >= 0.3 is 0 Å². The Balaban J connectivity index is 1.44. The van der Waals surface area contributed by atoms with Crippen molar-refractivity contribution in [3.05, 3.63) is 34.3 Å². The number of nitrogens with zero attached hydrogens (tertiary/aromatic N) is 5. The number of hydrogen-bond donors (Lipinski definition) is 0. The van der Waals surface area contributed by atoms with E-state index < -0.39 is 0 Å². The molecule has 3 aliphatic rings. The fraction of sp³-hybridized carbons (Fsp3) is 0.619. The maximum Gasteiger partial charge on any atom is 0.258 e. The summed E-state index contributed by atoms with van der Waals surface area (Å²) in [5.41, 5.74) is 1.89. The number of carbonyl (C=O) groups is 2. The van der Waals surface area contributed by atoms with Gasteiger partial charge in [-0.2, -0.15) is 0 Å². The maximum absolute atomic E-state index is 13.6. The summed E-state index contributed by atoms with van der Waals surface area (Å²) in [4.78, 5) is 29.0. The molecule has 1 atom stereocenters. The largest absolute Gasteiger partial charge is 0.465 e. The smallest absolute Gasteiger partial charge is 0.258 e. The van der Waals surface area contributed by atoms with Crippen molar-refractivity contribution in [2.24, 2.45) is 0 Å². The Labute approximate surface area is 169 Å². The SMILES string of the molecule is CC(=O)N1CCn2c(nnc2[C@H]2CCCN2C(=O)c2c(C)oc3c2CCCC3)C1. The third-order valence-electron chi connectivity index (χ3n) is 6.60. The van der Waals surface area contributed by atoms with Crippen LogP contribution in [0.2, 0.25) is 0 Å². The van der Waals surface area contributed by atoms with E-state index >= 15 is 0 Å². The van der Waals surface area contributed by atoms with Crippen LogP contribution in [0, 0.1) is 6.92 Å². The molecule has 0 bridgehead atoms. The lowest BCUT2D eigenvalue weighted by Crippen LogP contribution is -2.38. The molecule has 4 heterocycles. The average molecular weight is 397 g/mol. The third-order valence-corrected chi connectivity index (χ3v) is 6.60. The molecule has 2 aromatic heterocycles. The molecule has 2 aromatic rings. The molecule has 0 spiro atoms. The van der Waals surface area contributed by atoms with Crippen LogP contribution in [0.3, 0.4) is 0 Å². The first-order chi connectivity index (χ1) is 14.0. The Hall–Kier alpha value is -2.64. The summed E-state index contributed by atoms with van der Waals surface area (Å²) in [5.74, 6) is 3.51. The molecule has 5 rings (SSSR count). The minimum Gasteiger partial charge on any atom is -0.465 e. The van der Waals surface area contributed by atoms with E-state index in [4.69, 9.17) is 4.42 Å². The summed E-state index contributed by atoms with van der Waals surface area (Å²) in [7, 11) is 0. The van der Waals surface area contributed by atoms with Crippen LogP contribution in [-0.4, -0.2) is 49.5 Å². The van der Waals surface area contributed by atoms with E-state index in [1.54, 1.807) is 11.8 Å². The van der Waals surface area contributed by atoms with Crippen molar-refractivity contribution in [1.82, 2.24) is 24.6 Å². The first-order valence-corrected chi connectivity index (χ1v) is 10.6. The molecule has 8 heteroatoms. The van der Waals surface area contributed by atoms with Gasteiger partial charge in [-0.25, -0.2) is 0 Å². The molecule has 0 N–H and O–H groups in total. The van der Waals surface area contributed by atoms with E-state index in [1.807, 2.05) is 11.8 Å². The minimum atomic E-state index is -0.0684. The van der Waals surface area contributed by atoms with Gasteiger partial charge in [-0.1, -0.05) is 0 Å². The second-order valence-corrected chi connectivity index (χ2v) is 8.37. The van der Waals surface area contributed by atoms with Crippen molar-refractivity contribution in [1.29, 1.82) is 0 Å². The summed E-state index contributed by atoms with van der Waals surface area (Å²) in [6.07, 6.45) is 5.93. The van der Waals surface area contributed by atoms with E-state index in [2.05, 4.69) is 14.8 Å². The molecule has 0 saturated carbocycles. The Kier molecular flexibility index (Phi) is 4.44. The number of rotatable bonds is 2. The number of fused-ring (bicyclic) bond motifs is 2. The standard InChI is InChI=1S/C21H27N5O3/c1-13-19(15-6-3-4-8-17(15)29-13)21(28)25-9-5-7-16(25)20-23-22-18-12-24(14(2)27)10-11-26(18)20/h16H,3-12H2,1-2H3/t16-/m1/s1. The summed E-state index contributed by atoms with van der Waals surface area (Å²) in [5, 5.41) is 8.80. The van der Waals surface area contributed by atoms with Crippen LogP contribution in [-0.2, 0) is 30.7 Å². The molecule has 0 aromatic carbocycles. The van der Waals surface area contributed by atoms with Gasteiger partial charge < -0.3 is 18.8 Å². The van der Waals surface area contributed by atoms with Gasteiger partial charge in [0.05, 0.1) is 18.2 Å². The zero-order chi connectivity index (χ0) is 20.1. The molecule has 154 valence electrons. The molecule has 1 saturated heterocycles. The quantitative estimate of drug-likeness (QED) is 0.777. The van der Waals surface area contributed by atoms with Crippen LogP contribution in [0.25, 0.3) is 0 Å². The fourth-order valence-corrected chi connectivity index (χ4v) is 5.10. The van der Waals surface area contributed by atoms with Crippen molar-refractivity contribution in [2.45, 2.75) is 71.5 Å². The first kappa shape index (κ1) is 18.4. The Bertz CT molecular complexity index is 975. The summed E-state index contributed by atoms with van der Waals surface area (Å²) in [6, 6.07) is -0.0684. The van der Waals surface area contributed by atoms with Crippen molar-refractivity contribution in [2.75, 3.05) is 13.1 Å². The topological polar surface area (TPSA) is 84.5 Å². The summed E-state index contributed by atoms with van der Waals surface area (Å²) >= 11 is 0. The van der Waals surface area contributed by atoms with E-state index in [1.165, 1.54) is 0 Å². The fourth-order valence-electron chi connectivity index (χ4n) is 5.10. The normalized spacial score (nSPS) is 21.2. The lowest BCUT2D eigenvalue weighted by molar-refractivity contribution is -0.130. The molecule has 0 radical (unpaired) electrons. The van der Waals surface area contributed by atoms with Gasteiger partial charge in [0.2, 0.25) is 5.91 Å². The Morgan fingerprint density at radius 3 is 2.72 bits per heavy atom. The zero-order valence-corrected chi connectivity index (χ0v) is 17.1. The number of carbonyl (C=O) groups excluding carboxylic acids is 2. The number of aromatic nitrogens is 3. The van der Waals surface area contributed by atoms with Crippen molar-refractivity contribution < 1.29 is 14.0 Å². The summed E-state index contributed by atoms with van der Waals surface area (Å²) in [6.45, 7) is 6.03. The number of amides is 2. The minimum absolute atomic E-state index is 0.0543. The van der Waals surface area contributed by atoms with Crippen LogP contribution < -0.4 is 0 Å². The van der Waals surface area contributed by atoms with E-state index in [0.717, 1.165) is 79.4 Å². The lowest BCUT2D eigenvalue weighted by atomic mass is 9.94. The second-order valence-electron chi connectivity index (χ2n) is 8.37. The van der Waals surface area contributed by atoms with Crippen LogP contribution in [0.5, 0.6) is 0 Å². The van der Waals surface area contributed by atoms with Crippen LogP contribution in [0.1, 0.15) is 77.7 Å². The molecule has 2 amide bonds. The highest BCUT2D eigenvalue weighted by Gasteiger charge is 2.38. The van der Waals surface area contributed by atoms with Crippen LogP contribution in [0.4, 0.5) is 0 Å². The predicted octanol–water partition coefficient (Wildman–Crippen LogP) is 2.40. The first-order valence-electron chi connectivity index (χ1n) is 10.6. The Morgan fingerprint density at radius 2 is 1.90 bits per heavy atom. The van der Waals surface area contributed by atoms with Gasteiger partial charge in [0, 0.05) is 38.5 Å². The molecule has 0 unspecified atom stereocenters. The van der Waals surface area contributed by atoms with Crippen molar-refractivity contribution in [3.63, 3.8) is 0 Å². The number of hydrogen-bond acceptors (Lipinski definition) is 5. The number of likely N-dealkylation sites (tertiary alicyclic amines) is 1. The average Bonchev–Trinajstić information content (AvgIpc) is 3.42. The summed E-state index contributed by atoms with van der Waals surface area (Å²) < 4.78 is 8.05. The highest BCUT2D eigenvalue weighted by Crippen LogP contribution is 2.36. The number of aryl methyl sites for hydroxylation is 2. The molecule has 1 aliphatic carbocycles. The molecule has 8 nitrogen and oxygen atoms in total. The molecule has 29 heavy (non-hydrogen) atoms. The van der Waals surface area contributed by atoms with E-state index in [0.29, 0.717) is 19.6 Å². The predicted molar refractivity (Wildman–Crippen MR) is 104 cm³/mol. The highest BCUT2D eigenvalue weighted by atomic mass is 16.3. The van der Waals surface area contributed by atoms with Crippen LogP contribution in [0.15, 0.2) is 4.42 Å². The second kappa shape index (κ2) is 7.00. The monoisotopic (exact) mass is 397 g/mol. The molecular formula is C21H27N5O3. The maximum atomic E-state index is 13.6. The number of furan rings is 1. The van der Waals surface area contributed by atoms with Gasteiger partial charge in [-0.3, -0.25) is 9.59 Å². The van der Waals surface area contributed by atoms with E-state index in [9.17, 15) is 9.59 Å². The lowest BCUT2D eigenvalue weighted by Gasteiger charge is -2.29. The molecule has 2 aliphatic heterocycles. The van der Waals surface area contributed by atoms with Crippen LogP contribution >= 0.6 is 0 Å². The third kappa shape index (κ3) is 2.96. The van der Waals surface area contributed by atoms with E-state index in [-0.39, 0.29) is 17.9 Å². The Morgan fingerprint density at radius 1 is 1.07 bits per heavy atom. The molecule has 1 fully saturated rings. The van der Waals surface area contributed by atoms with Gasteiger partial charge in [0.1, 0.15) is 11.5 Å². The van der Waals surface area contributed by atoms with Crippen molar-refractivity contribution >= 4 is 11.8 Å². The van der Waals surface area contributed by atoms with Gasteiger partial charge in [0.15, 0.2) is 11.6 Å². The highest BCUT2D eigenvalue weighted by molar-refractivity contribution is 5.97. The zero-order valence-electron chi connectivity index (χ0n) is 17.1. The van der Waals surface area contributed by atoms with Gasteiger partial charge in [-0.05, 0) is 39.0 Å².